The van der Waals surface area contributed by atoms with E-state index in [0.717, 1.165) is 25.3 Å². The van der Waals surface area contributed by atoms with Crippen molar-refractivity contribution < 1.29 is 17.9 Å². The van der Waals surface area contributed by atoms with Crippen LogP contribution in [0.25, 0.3) is 0 Å². The summed E-state index contributed by atoms with van der Waals surface area (Å²) >= 11 is 0. The third kappa shape index (κ3) is 6.14. The van der Waals surface area contributed by atoms with E-state index in [4.69, 9.17) is 5.73 Å². The Balaban J connectivity index is 2.69. The molecule has 21 heavy (non-hydrogen) atoms. The number of nitrogens with two attached hydrogens (primary N) is 1. The molecule has 0 radical (unpaired) electrons. The molecule has 3 nitrogen and oxygen atoms in total. The van der Waals surface area contributed by atoms with Crippen molar-refractivity contribution in [2.75, 3.05) is 11.1 Å². The van der Waals surface area contributed by atoms with Crippen LogP contribution >= 0.6 is 0 Å². The standard InChI is InChI=1S/C15H23F3N2O/c1-9(2)5-4-6-10(3)20-13-8-14(21-15(17)18)11(16)7-12(13)19/h7-10,15,20H,4-6,19H2,1-3H3. The van der Waals surface area contributed by atoms with Crippen LogP contribution in [0, 0.1) is 11.7 Å². The summed E-state index contributed by atoms with van der Waals surface area (Å²) in [6.07, 6.45) is 3.08. The molecular weight excluding hydrogens is 281 g/mol. The summed E-state index contributed by atoms with van der Waals surface area (Å²) in [5.74, 6) is -0.763. The lowest BCUT2D eigenvalue weighted by molar-refractivity contribution is -0.0521. The monoisotopic (exact) mass is 304 g/mol. The molecule has 0 fully saturated rings. The Labute approximate surface area is 123 Å². The van der Waals surface area contributed by atoms with Crippen LogP contribution < -0.4 is 15.8 Å². The number of nitrogens with one attached hydrogen (secondary N) is 1. The molecule has 0 saturated heterocycles. The third-order valence-electron chi connectivity index (χ3n) is 3.14. The Bertz CT molecular complexity index is 453. The number of halogens is 3. The Morgan fingerprint density at radius 2 is 1.86 bits per heavy atom. The summed E-state index contributed by atoms with van der Waals surface area (Å²) in [6, 6.07) is 2.27. The smallest absolute Gasteiger partial charge is 0.387 e. The Morgan fingerprint density at radius 3 is 2.43 bits per heavy atom. The molecule has 1 aromatic carbocycles. The maximum atomic E-state index is 13.5. The van der Waals surface area contributed by atoms with E-state index in [9.17, 15) is 13.2 Å². The number of hydrogen-bond donors (Lipinski definition) is 2. The molecule has 1 rings (SSSR count). The highest BCUT2D eigenvalue weighted by molar-refractivity contribution is 5.68. The molecule has 6 heteroatoms. The quantitative estimate of drug-likeness (QED) is 0.688. The van der Waals surface area contributed by atoms with Crippen LogP contribution in [0.15, 0.2) is 12.1 Å². The Morgan fingerprint density at radius 1 is 1.19 bits per heavy atom. The second kappa shape index (κ2) is 8.00. The summed E-state index contributed by atoms with van der Waals surface area (Å²) in [5, 5.41) is 3.11. The molecule has 1 atom stereocenters. The van der Waals surface area contributed by atoms with Gasteiger partial charge in [0.25, 0.3) is 0 Å². The molecule has 0 bridgehead atoms. The zero-order valence-electron chi connectivity index (χ0n) is 12.6. The first-order valence-corrected chi connectivity index (χ1v) is 7.10. The summed E-state index contributed by atoms with van der Waals surface area (Å²) in [4.78, 5) is 0. The highest BCUT2D eigenvalue weighted by atomic mass is 19.3. The van der Waals surface area contributed by atoms with E-state index in [1.54, 1.807) is 0 Å². The normalized spacial score (nSPS) is 12.8. The van der Waals surface area contributed by atoms with Gasteiger partial charge in [-0.25, -0.2) is 4.39 Å². The van der Waals surface area contributed by atoms with Crippen molar-refractivity contribution in [3.8, 4) is 5.75 Å². The summed E-state index contributed by atoms with van der Waals surface area (Å²) in [7, 11) is 0. The van der Waals surface area contributed by atoms with Gasteiger partial charge in [-0.2, -0.15) is 8.78 Å². The van der Waals surface area contributed by atoms with Crippen molar-refractivity contribution >= 4 is 11.4 Å². The van der Waals surface area contributed by atoms with E-state index in [-0.39, 0.29) is 11.7 Å². The Kier molecular flexibility index (Phi) is 6.65. The van der Waals surface area contributed by atoms with Gasteiger partial charge in [0.05, 0.1) is 11.4 Å². The summed E-state index contributed by atoms with van der Waals surface area (Å²) < 4.78 is 42.0. The van der Waals surface area contributed by atoms with E-state index < -0.39 is 18.2 Å². The molecule has 120 valence electrons. The first-order valence-electron chi connectivity index (χ1n) is 7.10. The number of hydrogen-bond acceptors (Lipinski definition) is 3. The topological polar surface area (TPSA) is 47.3 Å². The van der Waals surface area contributed by atoms with Gasteiger partial charge in [-0.15, -0.1) is 0 Å². The van der Waals surface area contributed by atoms with E-state index in [1.807, 2.05) is 6.92 Å². The Hall–Kier alpha value is -1.59. The van der Waals surface area contributed by atoms with Crippen molar-refractivity contribution in [2.24, 2.45) is 5.92 Å². The molecule has 1 aromatic rings. The minimum atomic E-state index is -3.07. The maximum absolute atomic E-state index is 13.5. The van der Waals surface area contributed by atoms with Crippen LogP contribution in [-0.2, 0) is 0 Å². The van der Waals surface area contributed by atoms with Crippen LogP contribution in [-0.4, -0.2) is 12.7 Å². The lowest BCUT2D eigenvalue weighted by Crippen LogP contribution is -2.17. The van der Waals surface area contributed by atoms with Gasteiger partial charge in [0.1, 0.15) is 0 Å². The molecular formula is C15H23F3N2O. The molecule has 0 spiro atoms. The third-order valence-corrected chi connectivity index (χ3v) is 3.14. The number of alkyl halides is 2. The van der Waals surface area contributed by atoms with Gasteiger partial charge in [-0.1, -0.05) is 26.7 Å². The van der Waals surface area contributed by atoms with E-state index >= 15 is 0 Å². The van der Waals surface area contributed by atoms with Crippen LogP contribution in [0.3, 0.4) is 0 Å². The van der Waals surface area contributed by atoms with Crippen LogP contribution in [0.5, 0.6) is 5.75 Å². The number of ether oxygens (including phenoxy) is 1. The average Bonchev–Trinajstić information content (AvgIpc) is 2.34. The number of anilines is 2. The van der Waals surface area contributed by atoms with Gasteiger partial charge in [0.2, 0.25) is 0 Å². The molecule has 0 saturated carbocycles. The fourth-order valence-electron chi connectivity index (χ4n) is 2.05. The van der Waals surface area contributed by atoms with Gasteiger partial charge < -0.3 is 15.8 Å². The molecule has 0 amide bonds. The molecule has 0 aliphatic rings. The lowest BCUT2D eigenvalue weighted by atomic mass is 10.0. The molecule has 3 N–H and O–H groups in total. The molecule has 0 aliphatic heterocycles. The number of benzene rings is 1. The maximum Gasteiger partial charge on any atom is 0.387 e. The fourth-order valence-corrected chi connectivity index (χ4v) is 2.05. The second-order valence-corrected chi connectivity index (χ2v) is 5.62. The van der Waals surface area contributed by atoms with Crippen LogP contribution in [0.1, 0.15) is 40.0 Å². The molecule has 0 aliphatic carbocycles. The van der Waals surface area contributed by atoms with E-state index in [1.165, 1.54) is 6.07 Å². The van der Waals surface area contributed by atoms with Crippen molar-refractivity contribution in [3.05, 3.63) is 17.9 Å². The van der Waals surface area contributed by atoms with Crippen molar-refractivity contribution in [2.45, 2.75) is 52.7 Å². The average molecular weight is 304 g/mol. The zero-order chi connectivity index (χ0) is 16.0. The number of nitrogen functional groups attached to an aromatic ring is 1. The van der Waals surface area contributed by atoms with Crippen molar-refractivity contribution in [3.63, 3.8) is 0 Å². The lowest BCUT2D eigenvalue weighted by Gasteiger charge is -2.18. The van der Waals surface area contributed by atoms with Gasteiger partial charge in [0.15, 0.2) is 11.6 Å². The molecule has 0 heterocycles. The van der Waals surface area contributed by atoms with Crippen molar-refractivity contribution in [1.29, 1.82) is 0 Å². The predicted octanol–water partition coefficient (Wildman–Crippen LogP) is 4.64. The molecule has 0 aromatic heterocycles. The SMILES string of the molecule is CC(C)CCCC(C)Nc1cc(OC(F)F)c(F)cc1N. The fraction of sp³-hybridized carbons (Fsp3) is 0.600. The largest absolute Gasteiger partial charge is 0.432 e. The van der Waals surface area contributed by atoms with Crippen LogP contribution in [0.2, 0.25) is 0 Å². The van der Waals surface area contributed by atoms with E-state index in [0.29, 0.717) is 11.6 Å². The zero-order valence-corrected chi connectivity index (χ0v) is 12.6. The summed E-state index contributed by atoms with van der Waals surface area (Å²) in [6.45, 7) is 3.21. The van der Waals surface area contributed by atoms with Gasteiger partial charge in [-0.3, -0.25) is 0 Å². The van der Waals surface area contributed by atoms with Crippen molar-refractivity contribution in [1.82, 2.24) is 0 Å². The minimum absolute atomic E-state index is 0.107. The minimum Gasteiger partial charge on any atom is -0.432 e. The first kappa shape index (κ1) is 17.5. The van der Waals surface area contributed by atoms with Gasteiger partial charge in [-0.05, 0) is 19.3 Å². The second-order valence-electron chi connectivity index (χ2n) is 5.62. The van der Waals surface area contributed by atoms with Gasteiger partial charge >= 0.3 is 6.61 Å². The van der Waals surface area contributed by atoms with Gasteiger partial charge in [0, 0.05) is 18.2 Å². The van der Waals surface area contributed by atoms with Crippen LogP contribution in [0.4, 0.5) is 24.5 Å². The summed E-state index contributed by atoms with van der Waals surface area (Å²) in [5.41, 5.74) is 6.28. The first-order chi connectivity index (χ1) is 9.79. The molecule has 1 unspecified atom stereocenters. The highest BCUT2D eigenvalue weighted by Crippen LogP contribution is 2.30. The highest BCUT2D eigenvalue weighted by Gasteiger charge is 2.14. The van der Waals surface area contributed by atoms with E-state index in [2.05, 4.69) is 23.9 Å². The predicted molar refractivity (Wildman–Crippen MR) is 79.2 cm³/mol. The number of rotatable bonds is 8.